The highest BCUT2D eigenvalue weighted by Gasteiger charge is 2.44. The number of carbonyl (C=O) groups is 2. The van der Waals surface area contributed by atoms with Crippen molar-refractivity contribution in [1.29, 1.82) is 0 Å². The zero-order valence-electron chi connectivity index (χ0n) is 16.3. The third-order valence-electron chi connectivity index (χ3n) is 4.25. The Bertz CT molecular complexity index is 936. The van der Waals surface area contributed by atoms with Crippen molar-refractivity contribution in [2.75, 3.05) is 13.2 Å². The van der Waals surface area contributed by atoms with Gasteiger partial charge in [-0.15, -0.1) is 0 Å². The average molecular weight is 478 g/mol. The van der Waals surface area contributed by atoms with Crippen molar-refractivity contribution < 1.29 is 24.0 Å². The van der Waals surface area contributed by atoms with Crippen LogP contribution in [-0.4, -0.2) is 33.9 Å². The number of alkyl halides is 3. The molecule has 1 atom stereocenters. The number of benzene rings is 1. The second-order valence-electron chi connectivity index (χ2n) is 6.18. The molecule has 0 saturated carbocycles. The molecule has 0 fully saturated rings. The molecular weight excluding hydrogens is 459 g/mol. The Morgan fingerprint density at radius 1 is 1.13 bits per heavy atom. The van der Waals surface area contributed by atoms with E-state index in [1.165, 1.54) is 24.3 Å². The number of ether oxygens (including phenoxy) is 2. The largest absolute Gasteiger partial charge is 0.463 e. The fraction of sp³-hybridized carbons (Fsp3) is 0.368. The molecule has 8 nitrogen and oxygen atoms in total. The number of rotatable bonds is 6. The van der Waals surface area contributed by atoms with E-state index in [0.29, 0.717) is 0 Å². The summed E-state index contributed by atoms with van der Waals surface area (Å²) in [5.41, 5.74) is 0.116. The van der Waals surface area contributed by atoms with Crippen LogP contribution in [0.5, 0.6) is 0 Å². The van der Waals surface area contributed by atoms with Crippen molar-refractivity contribution >= 4 is 52.4 Å². The Morgan fingerprint density at radius 3 is 2.20 bits per heavy atom. The van der Waals surface area contributed by atoms with Crippen LogP contribution < -0.4 is 5.32 Å². The maximum absolute atomic E-state index is 12.9. The summed E-state index contributed by atoms with van der Waals surface area (Å²) in [4.78, 5) is 36.3. The summed E-state index contributed by atoms with van der Waals surface area (Å²) in [7, 11) is 0. The minimum absolute atomic E-state index is 0.0224. The van der Waals surface area contributed by atoms with Gasteiger partial charge in [0.05, 0.1) is 40.9 Å². The summed E-state index contributed by atoms with van der Waals surface area (Å²) in [6.07, 6.45) is 0. The van der Waals surface area contributed by atoms with Crippen molar-refractivity contribution in [2.45, 2.75) is 30.5 Å². The topological polar surface area (TPSA) is 108 Å². The third kappa shape index (κ3) is 5.06. The first kappa shape index (κ1) is 24.0. The van der Waals surface area contributed by atoms with E-state index >= 15 is 0 Å². The molecule has 30 heavy (non-hydrogen) atoms. The van der Waals surface area contributed by atoms with Crippen molar-refractivity contribution in [3.63, 3.8) is 0 Å². The molecule has 0 spiro atoms. The number of non-ortho nitro benzene ring substituents is 1. The molecule has 0 saturated heterocycles. The minimum Gasteiger partial charge on any atom is -0.463 e. The average Bonchev–Trinajstić information content (AvgIpc) is 2.66. The first-order chi connectivity index (χ1) is 14.0. The van der Waals surface area contributed by atoms with E-state index in [2.05, 4.69) is 5.32 Å². The number of nitrogens with zero attached hydrogens (tertiary/aromatic N) is 1. The molecular formula is C19H19Cl3N2O6. The monoisotopic (exact) mass is 476 g/mol. The Balaban J connectivity index is 2.84. The molecule has 1 aliphatic heterocycles. The Hall–Kier alpha value is -2.29. The number of nitro benzene ring substituents is 1. The molecule has 1 aromatic carbocycles. The normalized spacial score (nSPS) is 16.8. The molecule has 1 aliphatic rings. The highest BCUT2D eigenvalue weighted by molar-refractivity contribution is 6.69. The SMILES string of the molecule is CCOC(=O)C1=C(C)NC(C(Cl)(Cl)Cl)=C(C(=O)OCC)C1c1cccc([N+](=O)[O-])c1. The number of hydrogen-bond acceptors (Lipinski definition) is 7. The lowest BCUT2D eigenvalue weighted by atomic mass is 9.80. The molecule has 1 unspecified atom stereocenters. The van der Waals surface area contributed by atoms with Crippen LogP contribution in [0.4, 0.5) is 5.69 Å². The van der Waals surface area contributed by atoms with Gasteiger partial charge in [0, 0.05) is 17.8 Å². The zero-order chi connectivity index (χ0) is 22.6. The van der Waals surface area contributed by atoms with Gasteiger partial charge in [-0.3, -0.25) is 10.1 Å². The van der Waals surface area contributed by atoms with Gasteiger partial charge in [0.25, 0.3) is 5.69 Å². The van der Waals surface area contributed by atoms with E-state index in [1.807, 2.05) is 0 Å². The van der Waals surface area contributed by atoms with Gasteiger partial charge in [0.2, 0.25) is 3.79 Å². The Morgan fingerprint density at radius 2 is 1.70 bits per heavy atom. The molecule has 2 rings (SSSR count). The van der Waals surface area contributed by atoms with Crippen LogP contribution in [0.15, 0.2) is 46.8 Å². The number of esters is 2. The second kappa shape index (κ2) is 9.68. The van der Waals surface area contributed by atoms with Gasteiger partial charge in [0.15, 0.2) is 0 Å². The number of allylic oxidation sites excluding steroid dienone is 2. The molecule has 1 aromatic rings. The number of hydrogen-bond donors (Lipinski definition) is 1. The van der Waals surface area contributed by atoms with Crippen LogP contribution >= 0.6 is 34.8 Å². The van der Waals surface area contributed by atoms with Crippen molar-refractivity contribution in [3.8, 4) is 0 Å². The van der Waals surface area contributed by atoms with E-state index in [1.54, 1.807) is 20.8 Å². The van der Waals surface area contributed by atoms with E-state index in [-0.39, 0.29) is 47.0 Å². The van der Waals surface area contributed by atoms with Crippen molar-refractivity contribution in [2.24, 2.45) is 0 Å². The maximum atomic E-state index is 12.9. The Labute approximate surface area is 187 Å². The van der Waals surface area contributed by atoms with E-state index in [4.69, 9.17) is 44.3 Å². The number of dihydropyridines is 1. The molecule has 0 aromatic heterocycles. The van der Waals surface area contributed by atoms with Gasteiger partial charge in [-0.1, -0.05) is 46.9 Å². The fourth-order valence-corrected chi connectivity index (χ4v) is 3.56. The number of halogens is 3. The van der Waals surface area contributed by atoms with Crippen LogP contribution in [-0.2, 0) is 19.1 Å². The summed E-state index contributed by atoms with van der Waals surface area (Å²) in [5, 5.41) is 14.1. The van der Waals surface area contributed by atoms with Gasteiger partial charge in [-0.25, -0.2) is 9.59 Å². The lowest BCUT2D eigenvalue weighted by molar-refractivity contribution is -0.384. The highest BCUT2D eigenvalue weighted by Crippen LogP contribution is 2.46. The summed E-state index contributed by atoms with van der Waals surface area (Å²) < 4.78 is 8.22. The van der Waals surface area contributed by atoms with Gasteiger partial charge in [-0.05, 0) is 26.3 Å². The molecule has 0 amide bonds. The zero-order valence-corrected chi connectivity index (χ0v) is 18.6. The molecule has 0 bridgehead atoms. The first-order valence-corrected chi connectivity index (χ1v) is 10.0. The minimum atomic E-state index is -2.07. The van der Waals surface area contributed by atoms with E-state index in [0.717, 1.165) is 0 Å². The van der Waals surface area contributed by atoms with Gasteiger partial charge in [0.1, 0.15) is 0 Å². The van der Waals surface area contributed by atoms with Crippen LogP contribution in [0.25, 0.3) is 0 Å². The van der Waals surface area contributed by atoms with Crippen LogP contribution in [0.3, 0.4) is 0 Å². The lowest BCUT2D eigenvalue weighted by Crippen LogP contribution is -2.37. The first-order valence-electron chi connectivity index (χ1n) is 8.90. The van der Waals surface area contributed by atoms with Crippen LogP contribution in [0.1, 0.15) is 32.3 Å². The second-order valence-corrected chi connectivity index (χ2v) is 8.46. The lowest BCUT2D eigenvalue weighted by Gasteiger charge is -2.33. The number of nitro groups is 1. The van der Waals surface area contributed by atoms with Crippen molar-refractivity contribution in [3.05, 3.63) is 62.5 Å². The standard InChI is InChI=1S/C19H19Cl3N2O6/c1-4-29-17(25)13-10(3)23-16(19(20,21)22)15(18(26)30-5-2)14(13)11-7-6-8-12(9-11)24(27)28/h6-9,14,23H,4-5H2,1-3H3. The van der Waals surface area contributed by atoms with Crippen molar-refractivity contribution in [1.82, 2.24) is 5.32 Å². The van der Waals surface area contributed by atoms with E-state index in [9.17, 15) is 19.7 Å². The van der Waals surface area contributed by atoms with Crippen LogP contribution in [0.2, 0.25) is 0 Å². The maximum Gasteiger partial charge on any atom is 0.336 e. The molecule has 0 radical (unpaired) electrons. The third-order valence-corrected chi connectivity index (χ3v) is 4.82. The van der Waals surface area contributed by atoms with Gasteiger partial charge in [-0.2, -0.15) is 0 Å². The fourth-order valence-electron chi connectivity index (χ4n) is 3.11. The molecule has 11 heteroatoms. The molecule has 1 heterocycles. The smallest absolute Gasteiger partial charge is 0.336 e. The number of carbonyl (C=O) groups excluding carboxylic acids is 2. The molecule has 1 N–H and O–H groups in total. The molecule has 0 aliphatic carbocycles. The highest BCUT2D eigenvalue weighted by atomic mass is 35.6. The molecule has 162 valence electrons. The summed E-state index contributed by atoms with van der Waals surface area (Å²) in [5.74, 6) is -2.67. The predicted molar refractivity (Wildman–Crippen MR) is 112 cm³/mol. The quantitative estimate of drug-likeness (QED) is 0.281. The van der Waals surface area contributed by atoms with Gasteiger partial charge >= 0.3 is 11.9 Å². The van der Waals surface area contributed by atoms with Gasteiger partial charge < -0.3 is 14.8 Å². The summed E-state index contributed by atoms with van der Waals surface area (Å²) in [6, 6.07) is 5.50. The summed E-state index contributed by atoms with van der Waals surface area (Å²) >= 11 is 18.3. The Kier molecular flexibility index (Phi) is 7.74. The predicted octanol–water partition coefficient (Wildman–Crippen LogP) is 4.31. The number of nitrogens with one attached hydrogen (secondary N) is 1. The van der Waals surface area contributed by atoms with E-state index < -0.39 is 26.6 Å². The summed E-state index contributed by atoms with van der Waals surface area (Å²) in [6.45, 7) is 4.87. The van der Waals surface area contributed by atoms with Crippen LogP contribution in [0, 0.1) is 10.1 Å².